The lowest BCUT2D eigenvalue weighted by Gasteiger charge is -2.22. The maximum atomic E-state index is 10.5. The molecule has 0 heterocycles. The molecule has 4 heteroatoms. The van der Waals surface area contributed by atoms with E-state index < -0.39 is 0 Å². The van der Waals surface area contributed by atoms with Crippen LogP contribution < -0.4 is 0 Å². The van der Waals surface area contributed by atoms with Crippen molar-refractivity contribution >= 4 is 0 Å². The normalized spacial score (nSPS) is 11.2. The molecule has 2 aromatic rings. The van der Waals surface area contributed by atoms with Gasteiger partial charge in [-0.05, 0) is 57.4 Å². The van der Waals surface area contributed by atoms with Gasteiger partial charge in [0.2, 0.25) is 0 Å². The van der Waals surface area contributed by atoms with Gasteiger partial charge >= 0.3 is 0 Å². The van der Waals surface area contributed by atoms with Crippen LogP contribution in [0.25, 0.3) is 0 Å². The molecule has 2 rings (SSSR count). The van der Waals surface area contributed by atoms with Gasteiger partial charge in [0.15, 0.2) is 0 Å². The Kier molecular flexibility index (Phi) is 4.46. The number of rotatable bonds is 3. The summed E-state index contributed by atoms with van der Waals surface area (Å²) in [5.41, 5.74) is 3.57. The average molecular weight is 316 g/mol. The second kappa shape index (κ2) is 6.03. The first-order valence-corrected chi connectivity index (χ1v) is 7.74. The monoisotopic (exact) mass is 316 g/mol. The Hall–Kier alpha value is -2.36. The summed E-state index contributed by atoms with van der Waals surface area (Å²) in [4.78, 5) is 0. The van der Waals surface area contributed by atoms with Crippen molar-refractivity contribution in [1.29, 1.82) is 0 Å². The molecule has 0 unspecified atom stereocenters. The van der Waals surface area contributed by atoms with Gasteiger partial charge in [-0.2, -0.15) is 0 Å². The van der Waals surface area contributed by atoms with E-state index in [-0.39, 0.29) is 28.9 Å². The Morgan fingerprint density at radius 2 is 1.04 bits per heavy atom. The first-order chi connectivity index (χ1) is 10.7. The molecule has 0 aliphatic heterocycles. The van der Waals surface area contributed by atoms with Crippen LogP contribution in [0.1, 0.15) is 52.6 Å². The van der Waals surface area contributed by atoms with Crippen molar-refractivity contribution in [3.8, 4) is 23.0 Å². The number of phenolic OH excluding ortho intramolecular Hbond substituents is 4. The van der Waals surface area contributed by atoms with Crippen molar-refractivity contribution in [2.75, 3.05) is 0 Å². The largest absolute Gasteiger partial charge is 0.507 e. The number of phenols is 4. The highest BCUT2D eigenvalue weighted by Crippen LogP contribution is 2.45. The second-order valence-electron chi connectivity index (χ2n) is 6.17. The lowest BCUT2D eigenvalue weighted by atomic mass is 9.84. The van der Waals surface area contributed by atoms with Crippen LogP contribution in [-0.4, -0.2) is 20.4 Å². The predicted octanol–water partition coefficient (Wildman–Crippen LogP) is 4.28. The molecule has 0 radical (unpaired) electrons. The molecule has 0 aromatic heterocycles. The predicted molar refractivity (Wildman–Crippen MR) is 90.6 cm³/mol. The van der Waals surface area contributed by atoms with Gasteiger partial charge in [-0.3, -0.25) is 0 Å². The SMILES string of the molecule is CCC(c1cc(C)c(O)c(C)c1O)c1cc(C)c(O)c(C)c1O. The molecule has 0 aliphatic carbocycles. The van der Waals surface area contributed by atoms with Crippen LogP contribution in [0.2, 0.25) is 0 Å². The van der Waals surface area contributed by atoms with E-state index in [2.05, 4.69) is 0 Å². The molecular weight excluding hydrogens is 292 g/mol. The fourth-order valence-corrected chi connectivity index (χ4v) is 3.13. The summed E-state index contributed by atoms with van der Waals surface area (Å²) >= 11 is 0. The van der Waals surface area contributed by atoms with Gasteiger partial charge in [0.05, 0.1) is 0 Å². The molecule has 23 heavy (non-hydrogen) atoms. The molecule has 4 N–H and O–H groups in total. The minimum atomic E-state index is -0.231. The zero-order chi connectivity index (χ0) is 17.5. The summed E-state index contributed by atoms with van der Waals surface area (Å²) in [6, 6.07) is 3.51. The molecule has 0 atom stereocenters. The Balaban J connectivity index is 2.72. The van der Waals surface area contributed by atoms with Crippen LogP contribution in [0, 0.1) is 27.7 Å². The van der Waals surface area contributed by atoms with Crippen LogP contribution in [-0.2, 0) is 0 Å². The summed E-state index contributed by atoms with van der Waals surface area (Å²) in [6.07, 6.45) is 0.661. The molecule has 0 spiro atoms. The first kappa shape index (κ1) is 17.0. The van der Waals surface area contributed by atoms with Gasteiger partial charge in [-0.25, -0.2) is 0 Å². The van der Waals surface area contributed by atoms with Crippen LogP contribution in [0.4, 0.5) is 0 Å². The highest BCUT2D eigenvalue weighted by atomic mass is 16.3. The van der Waals surface area contributed by atoms with Crippen molar-refractivity contribution in [3.63, 3.8) is 0 Å². The third kappa shape index (κ3) is 2.69. The Morgan fingerprint density at radius 3 is 1.35 bits per heavy atom. The van der Waals surface area contributed by atoms with Gasteiger partial charge < -0.3 is 20.4 Å². The van der Waals surface area contributed by atoms with Gasteiger partial charge in [0.25, 0.3) is 0 Å². The Labute approximate surface area is 136 Å². The van der Waals surface area contributed by atoms with E-state index in [1.807, 2.05) is 6.92 Å². The molecule has 2 aromatic carbocycles. The third-order valence-corrected chi connectivity index (χ3v) is 4.62. The Morgan fingerprint density at radius 1 is 0.696 bits per heavy atom. The van der Waals surface area contributed by atoms with Gasteiger partial charge in [0, 0.05) is 28.2 Å². The van der Waals surface area contributed by atoms with Crippen molar-refractivity contribution in [2.45, 2.75) is 47.0 Å². The highest BCUT2D eigenvalue weighted by molar-refractivity contribution is 5.59. The molecule has 0 amide bonds. The topological polar surface area (TPSA) is 80.9 Å². The molecule has 124 valence electrons. The van der Waals surface area contributed by atoms with E-state index in [0.717, 1.165) is 0 Å². The quantitative estimate of drug-likeness (QED) is 0.681. The molecule has 4 nitrogen and oxygen atoms in total. The van der Waals surface area contributed by atoms with E-state index in [4.69, 9.17) is 0 Å². The standard InChI is InChI=1S/C19H24O4/c1-6-13(14-7-9(2)16(20)11(4)18(14)22)15-8-10(3)17(21)12(5)19(15)23/h7-8,13,20-23H,6H2,1-5H3. The minimum absolute atomic E-state index is 0.0442. The van der Waals surface area contributed by atoms with E-state index in [1.54, 1.807) is 39.8 Å². The highest BCUT2D eigenvalue weighted by Gasteiger charge is 2.24. The summed E-state index contributed by atoms with van der Waals surface area (Å²) in [5, 5.41) is 40.9. The number of aromatic hydroxyl groups is 4. The zero-order valence-corrected chi connectivity index (χ0v) is 14.2. The second-order valence-corrected chi connectivity index (χ2v) is 6.17. The van der Waals surface area contributed by atoms with Crippen LogP contribution >= 0.6 is 0 Å². The zero-order valence-electron chi connectivity index (χ0n) is 14.2. The van der Waals surface area contributed by atoms with Gasteiger partial charge in [-0.15, -0.1) is 0 Å². The van der Waals surface area contributed by atoms with E-state index in [0.29, 0.717) is 39.8 Å². The fraction of sp³-hybridized carbons (Fsp3) is 0.368. The lowest BCUT2D eigenvalue weighted by Crippen LogP contribution is -2.04. The smallest absolute Gasteiger partial charge is 0.126 e. The number of benzene rings is 2. The molecule has 0 saturated carbocycles. The molecule has 0 bridgehead atoms. The minimum Gasteiger partial charge on any atom is -0.507 e. The first-order valence-electron chi connectivity index (χ1n) is 7.74. The van der Waals surface area contributed by atoms with Crippen molar-refractivity contribution in [1.82, 2.24) is 0 Å². The number of aryl methyl sites for hydroxylation is 2. The summed E-state index contributed by atoms with van der Waals surface area (Å²) in [5.74, 6) is 0.0308. The van der Waals surface area contributed by atoms with Crippen molar-refractivity contribution < 1.29 is 20.4 Å². The molecule has 0 aliphatic rings. The summed E-state index contributed by atoms with van der Waals surface area (Å²) in [6.45, 7) is 8.87. The molecule has 0 saturated heterocycles. The average Bonchev–Trinajstić information content (AvgIpc) is 2.53. The third-order valence-electron chi connectivity index (χ3n) is 4.62. The van der Waals surface area contributed by atoms with E-state index >= 15 is 0 Å². The number of hydrogen-bond donors (Lipinski definition) is 4. The summed E-state index contributed by atoms with van der Waals surface area (Å²) < 4.78 is 0. The Bertz CT molecular complexity index is 699. The van der Waals surface area contributed by atoms with Crippen LogP contribution in [0.15, 0.2) is 12.1 Å². The molecule has 0 fully saturated rings. The van der Waals surface area contributed by atoms with Crippen molar-refractivity contribution in [2.24, 2.45) is 0 Å². The van der Waals surface area contributed by atoms with Crippen LogP contribution in [0.3, 0.4) is 0 Å². The van der Waals surface area contributed by atoms with Gasteiger partial charge in [-0.1, -0.05) is 6.92 Å². The van der Waals surface area contributed by atoms with Crippen LogP contribution in [0.5, 0.6) is 23.0 Å². The van der Waals surface area contributed by atoms with Gasteiger partial charge in [0.1, 0.15) is 23.0 Å². The van der Waals surface area contributed by atoms with E-state index in [1.165, 1.54) is 0 Å². The summed E-state index contributed by atoms with van der Waals surface area (Å²) in [7, 11) is 0. The fourth-order valence-electron chi connectivity index (χ4n) is 3.13. The molecular formula is C19H24O4. The van der Waals surface area contributed by atoms with E-state index in [9.17, 15) is 20.4 Å². The lowest BCUT2D eigenvalue weighted by molar-refractivity contribution is 0.426. The number of hydrogen-bond acceptors (Lipinski definition) is 4. The maximum Gasteiger partial charge on any atom is 0.126 e. The maximum absolute atomic E-state index is 10.5. The van der Waals surface area contributed by atoms with Crippen molar-refractivity contribution in [3.05, 3.63) is 45.5 Å².